The predicted octanol–water partition coefficient (Wildman–Crippen LogP) is -3.49. The van der Waals surface area contributed by atoms with E-state index in [1.54, 1.807) is 0 Å². The van der Waals surface area contributed by atoms with Gasteiger partial charge in [0.2, 0.25) is 0 Å². The van der Waals surface area contributed by atoms with Crippen LogP contribution in [0, 0.1) is 0 Å². The van der Waals surface area contributed by atoms with E-state index in [4.69, 9.17) is 18.9 Å². The van der Waals surface area contributed by atoms with E-state index < -0.39 is 24.4 Å². The summed E-state index contributed by atoms with van der Waals surface area (Å²) in [5.74, 6) is 0. The largest absolute Gasteiger partial charge is 0.387 e. The predicted molar refractivity (Wildman–Crippen MR) is 58.7 cm³/mol. The third kappa shape index (κ3) is 1.59. The second-order valence-corrected chi connectivity index (χ2v) is 6.22. The number of fused-ring (bicyclic) bond motifs is 6. The fourth-order valence-electron chi connectivity index (χ4n) is 3.48. The van der Waals surface area contributed by atoms with E-state index in [0.29, 0.717) is 0 Å². The molecule has 2 saturated carbocycles. The van der Waals surface area contributed by atoms with Crippen molar-refractivity contribution in [2.24, 2.45) is 0 Å². The number of hydrogen-bond acceptors (Lipinski definition) is 8. The third-order valence-electron chi connectivity index (χ3n) is 4.94. The molecule has 6 aliphatic rings. The van der Waals surface area contributed by atoms with E-state index in [0.717, 1.165) is 0 Å². The van der Waals surface area contributed by atoms with E-state index in [-0.39, 0.29) is 48.8 Å². The third-order valence-corrected chi connectivity index (χ3v) is 4.94. The van der Waals surface area contributed by atoms with Gasteiger partial charge in [-0.2, -0.15) is 0 Å². The maximum atomic E-state index is 9.23. The van der Waals surface area contributed by atoms with Crippen LogP contribution < -0.4 is 0 Å². The molecule has 6 rings (SSSR count). The molecule has 0 aromatic carbocycles. The lowest BCUT2D eigenvalue weighted by Crippen LogP contribution is -2.41. The van der Waals surface area contributed by atoms with Crippen LogP contribution >= 0.6 is 0 Å². The molecule has 8 heteroatoms. The zero-order valence-corrected chi connectivity index (χ0v) is 10.4. The fraction of sp³-hybridized carbons (Fsp3) is 1.00. The number of rotatable bonds is 0. The van der Waals surface area contributed by atoms with Gasteiger partial charge in [-0.05, 0) is 0 Å². The Kier molecular flexibility index (Phi) is 2.27. The molecule has 0 radical (unpaired) electrons. The van der Waals surface area contributed by atoms with Gasteiger partial charge in [0.1, 0.15) is 73.2 Å². The summed E-state index contributed by atoms with van der Waals surface area (Å²) in [6, 6.07) is 0. The lowest BCUT2D eigenvalue weighted by molar-refractivity contribution is -0.0121. The number of ether oxygens (including phenoxy) is 4. The summed E-state index contributed by atoms with van der Waals surface area (Å²) in [6.07, 6.45) is -3.24. The number of epoxide rings is 4. The Hall–Kier alpha value is -0.320. The van der Waals surface area contributed by atoms with Gasteiger partial charge in [-0.3, -0.25) is 0 Å². The van der Waals surface area contributed by atoms with Crippen LogP contribution in [0.5, 0.6) is 0 Å². The zero-order valence-electron chi connectivity index (χ0n) is 10.4. The Morgan fingerprint density at radius 3 is 0.750 bits per heavy atom. The van der Waals surface area contributed by atoms with Gasteiger partial charge in [0.15, 0.2) is 0 Å². The van der Waals surface area contributed by atoms with Gasteiger partial charge in [-0.15, -0.1) is 0 Å². The summed E-state index contributed by atoms with van der Waals surface area (Å²) in [5.41, 5.74) is 0. The molecule has 2 aliphatic carbocycles. The Morgan fingerprint density at radius 2 is 0.550 bits per heavy atom. The van der Waals surface area contributed by atoms with Gasteiger partial charge < -0.3 is 39.4 Å². The smallest absolute Gasteiger partial charge is 0.116 e. The van der Waals surface area contributed by atoms with Crippen molar-refractivity contribution in [3.63, 3.8) is 0 Å². The molecule has 4 N–H and O–H groups in total. The molecule has 0 bridgehead atoms. The molecule has 0 aromatic rings. The van der Waals surface area contributed by atoms with Crippen molar-refractivity contribution in [1.29, 1.82) is 0 Å². The Morgan fingerprint density at radius 1 is 0.350 bits per heavy atom. The van der Waals surface area contributed by atoms with Gasteiger partial charge in [-0.1, -0.05) is 0 Å². The van der Waals surface area contributed by atoms with E-state index in [2.05, 4.69) is 0 Å². The van der Waals surface area contributed by atoms with Crippen molar-refractivity contribution in [1.82, 2.24) is 0 Å². The van der Waals surface area contributed by atoms with Crippen LogP contribution in [0.1, 0.15) is 0 Å². The first kappa shape index (κ1) is 12.2. The van der Waals surface area contributed by atoms with Crippen LogP contribution in [0.4, 0.5) is 0 Å². The van der Waals surface area contributed by atoms with Crippen LogP contribution in [0.2, 0.25) is 0 Å². The van der Waals surface area contributed by atoms with E-state index >= 15 is 0 Å². The average molecular weight is 288 g/mol. The molecule has 6 fully saturated rings. The molecule has 0 unspecified atom stereocenters. The molecule has 4 heterocycles. The maximum Gasteiger partial charge on any atom is 0.116 e. The quantitative estimate of drug-likeness (QED) is 0.338. The number of hydrogen-bond donors (Lipinski definition) is 4. The van der Waals surface area contributed by atoms with E-state index in [1.165, 1.54) is 0 Å². The highest BCUT2D eigenvalue weighted by molar-refractivity contribution is 5.16. The van der Waals surface area contributed by atoms with Crippen molar-refractivity contribution in [3.8, 4) is 0 Å². The van der Waals surface area contributed by atoms with Crippen molar-refractivity contribution >= 4 is 0 Å². The van der Waals surface area contributed by atoms with Crippen LogP contribution in [-0.2, 0) is 18.9 Å². The zero-order chi connectivity index (χ0) is 13.8. The summed E-state index contributed by atoms with van der Waals surface area (Å²) in [4.78, 5) is 0. The summed E-state index contributed by atoms with van der Waals surface area (Å²) in [5, 5.41) is 36.9. The first-order valence-electron chi connectivity index (χ1n) is 6.92. The number of aliphatic hydroxyl groups excluding tert-OH is 4. The Bertz CT molecular complexity index is 365. The van der Waals surface area contributed by atoms with Crippen LogP contribution in [0.25, 0.3) is 0 Å². The maximum absolute atomic E-state index is 9.23. The van der Waals surface area contributed by atoms with E-state index in [1.807, 2.05) is 0 Å². The lowest BCUT2D eigenvalue weighted by atomic mass is 9.95. The molecule has 12 atom stereocenters. The SMILES string of the molecule is O[C@@H]1[C@H](O)[C@@H]2O[C@@H]2[C@@H]2O[C@H]12.O[C@@H]1[C@H](O)[C@@H]2O[C@@H]2[C@@H]2O[C@H]12. The Balaban J connectivity index is 0.0000000960. The molecule has 0 amide bonds. The lowest BCUT2D eigenvalue weighted by Gasteiger charge is -2.15. The minimum Gasteiger partial charge on any atom is -0.387 e. The van der Waals surface area contributed by atoms with Crippen LogP contribution in [0.3, 0.4) is 0 Å². The molecule has 0 aromatic heterocycles. The molecule has 112 valence electrons. The summed E-state index contributed by atoms with van der Waals surface area (Å²) in [7, 11) is 0. The standard InChI is InChI=1S/2C6H8O4/c2*7-1-2(8)4-6(10-4)5-3(1)9-5/h2*1-8H/t2*1-,2+,3-,4+,5-,6+. The van der Waals surface area contributed by atoms with Crippen LogP contribution in [-0.4, -0.2) is 93.7 Å². The molecule has 4 saturated heterocycles. The summed E-state index contributed by atoms with van der Waals surface area (Å²) >= 11 is 0. The van der Waals surface area contributed by atoms with E-state index in [9.17, 15) is 20.4 Å². The Labute approximate surface area is 113 Å². The van der Waals surface area contributed by atoms with Gasteiger partial charge in [0, 0.05) is 0 Å². The van der Waals surface area contributed by atoms with Crippen molar-refractivity contribution < 1.29 is 39.4 Å². The highest BCUT2D eigenvalue weighted by atomic mass is 16.7. The van der Waals surface area contributed by atoms with Gasteiger partial charge in [0.25, 0.3) is 0 Å². The molecular formula is C12H16O8. The van der Waals surface area contributed by atoms with Crippen LogP contribution in [0.15, 0.2) is 0 Å². The first-order valence-corrected chi connectivity index (χ1v) is 6.92. The molecular weight excluding hydrogens is 272 g/mol. The highest BCUT2D eigenvalue weighted by Crippen LogP contribution is 2.48. The molecule has 20 heavy (non-hydrogen) atoms. The monoisotopic (exact) mass is 288 g/mol. The van der Waals surface area contributed by atoms with Gasteiger partial charge in [-0.25, -0.2) is 0 Å². The molecule has 0 spiro atoms. The highest BCUT2D eigenvalue weighted by Gasteiger charge is 2.69. The normalized spacial score (nSPS) is 70.2. The second-order valence-electron chi connectivity index (χ2n) is 6.22. The molecule has 4 aliphatic heterocycles. The summed E-state index contributed by atoms with van der Waals surface area (Å²) in [6.45, 7) is 0. The van der Waals surface area contributed by atoms with Crippen molar-refractivity contribution in [2.75, 3.05) is 0 Å². The van der Waals surface area contributed by atoms with Gasteiger partial charge >= 0.3 is 0 Å². The first-order chi connectivity index (χ1) is 9.58. The minimum atomic E-state index is -0.728. The fourth-order valence-corrected chi connectivity index (χ4v) is 3.48. The summed E-state index contributed by atoms with van der Waals surface area (Å²) < 4.78 is 20.3. The minimum absolute atomic E-state index is 0.0726. The van der Waals surface area contributed by atoms with Gasteiger partial charge in [0.05, 0.1) is 0 Å². The second kappa shape index (κ2) is 3.71. The van der Waals surface area contributed by atoms with Crippen molar-refractivity contribution in [3.05, 3.63) is 0 Å². The topological polar surface area (TPSA) is 131 Å². The van der Waals surface area contributed by atoms with Crippen molar-refractivity contribution in [2.45, 2.75) is 73.2 Å². The number of aliphatic hydroxyl groups is 4. The average Bonchev–Trinajstić information content (AvgIpc) is 3.28. The molecule has 8 nitrogen and oxygen atoms in total.